The highest BCUT2D eigenvalue weighted by atomic mass is 35.5. The first-order valence-corrected chi connectivity index (χ1v) is 6.33. The van der Waals surface area contributed by atoms with Crippen molar-refractivity contribution in [1.82, 2.24) is 9.55 Å². The number of benzene rings is 1. The largest absolute Gasteiger partial charge is 0.326 e. The molecule has 5 heteroatoms. The zero-order valence-corrected chi connectivity index (χ0v) is 11.3. The molecule has 18 heavy (non-hydrogen) atoms. The van der Waals surface area contributed by atoms with Crippen LogP contribution >= 0.6 is 11.6 Å². The molecule has 1 unspecified atom stereocenters. The molecule has 0 N–H and O–H groups in total. The molecule has 0 fully saturated rings. The molecule has 1 aromatic carbocycles. The van der Waals surface area contributed by atoms with Gasteiger partial charge in [0.15, 0.2) is 5.82 Å². The number of nitrogens with zero attached hydrogens (tertiary/aromatic N) is 2. The van der Waals surface area contributed by atoms with Gasteiger partial charge in [-0.05, 0) is 18.9 Å². The third-order valence-electron chi connectivity index (χ3n) is 2.71. The predicted molar refractivity (Wildman–Crippen MR) is 68.8 cm³/mol. The first-order chi connectivity index (χ1) is 8.40. The second-order valence-corrected chi connectivity index (χ2v) is 5.50. The number of hydrogen-bond acceptors (Lipinski definition) is 1. The number of halogens is 3. The Balaban J connectivity index is 2.72. The highest BCUT2D eigenvalue weighted by molar-refractivity contribution is 6.20. The Kier molecular flexibility index (Phi) is 3.57. The van der Waals surface area contributed by atoms with Crippen LogP contribution in [0.4, 0.5) is 8.78 Å². The minimum Gasteiger partial charge on any atom is -0.326 e. The fourth-order valence-corrected chi connectivity index (χ4v) is 2.19. The molecule has 0 spiro atoms. The van der Waals surface area contributed by atoms with E-state index in [1.807, 2.05) is 13.8 Å². The molecule has 1 aromatic heterocycles. The Labute approximate surface area is 110 Å². The summed E-state index contributed by atoms with van der Waals surface area (Å²) in [6.07, 6.45) is 0. The standard InChI is InChI=1S/C13H15ClF2N2/c1-7(2)6-18-11-5-9(15)4-10(16)12(11)17-13(18)8(3)14/h4-5,7-8H,6H2,1-3H3. The molecule has 0 amide bonds. The second kappa shape index (κ2) is 4.84. The first kappa shape index (κ1) is 13.3. The van der Waals surface area contributed by atoms with Gasteiger partial charge in [0.25, 0.3) is 0 Å². The molecule has 0 aliphatic heterocycles. The van der Waals surface area contributed by atoms with Crippen LogP contribution in [0.1, 0.15) is 32.0 Å². The van der Waals surface area contributed by atoms with Gasteiger partial charge in [0.05, 0.1) is 10.9 Å². The van der Waals surface area contributed by atoms with E-state index in [0.717, 1.165) is 6.07 Å². The van der Waals surface area contributed by atoms with Crippen LogP contribution in [0.15, 0.2) is 12.1 Å². The van der Waals surface area contributed by atoms with E-state index in [9.17, 15) is 8.78 Å². The van der Waals surface area contributed by atoms with Crippen molar-refractivity contribution in [3.8, 4) is 0 Å². The molecule has 0 aliphatic carbocycles. The summed E-state index contributed by atoms with van der Waals surface area (Å²) in [7, 11) is 0. The summed E-state index contributed by atoms with van der Waals surface area (Å²) in [4.78, 5) is 4.20. The Morgan fingerprint density at radius 1 is 1.28 bits per heavy atom. The van der Waals surface area contributed by atoms with Crippen LogP contribution in [0.5, 0.6) is 0 Å². The van der Waals surface area contributed by atoms with Gasteiger partial charge in [-0.15, -0.1) is 11.6 Å². The summed E-state index contributed by atoms with van der Waals surface area (Å²) < 4.78 is 28.8. The third kappa shape index (κ3) is 2.34. The molecule has 0 saturated heterocycles. The predicted octanol–water partition coefficient (Wildman–Crippen LogP) is 4.27. The molecule has 2 nitrogen and oxygen atoms in total. The van der Waals surface area contributed by atoms with Crippen LogP contribution in [-0.4, -0.2) is 9.55 Å². The Morgan fingerprint density at radius 3 is 2.50 bits per heavy atom. The highest BCUT2D eigenvalue weighted by Gasteiger charge is 2.18. The minimum atomic E-state index is -0.647. The molecule has 0 radical (unpaired) electrons. The van der Waals surface area contributed by atoms with Crippen molar-refractivity contribution in [2.24, 2.45) is 5.92 Å². The van der Waals surface area contributed by atoms with Gasteiger partial charge in [-0.2, -0.15) is 0 Å². The summed E-state index contributed by atoms with van der Waals surface area (Å²) in [6, 6.07) is 2.15. The average molecular weight is 273 g/mol. The zero-order valence-electron chi connectivity index (χ0n) is 10.5. The number of fused-ring (bicyclic) bond motifs is 1. The van der Waals surface area contributed by atoms with Crippen molar-refractivity contribution >= 4 is 22.6 Å². The van der Waals surface area contributed by atoms with Crippen molar-refractivity contribution in [1.29, 1.82) is 0 Å². The molecule has 2 aromatic rings. The highest BCUT2D eigenvalue weighted by Crippen LogP contribution is 2.27. The molecular weight excluding hydrogens is 258 g/mol. The lowest BCUT2D eigenvalue weighted by Gasteiger charge is -2.12. The molecule has 0 aliphatic rings. The minimum absolute atomic E-state index is 0.180. The molecule has 1 atom stereocenters. The van der Waals surface area contributed by atoms with E-state index in [-0.39, 0.29) is 10.9 Å². The van der Waals surface area contributed by atoms with Crippen LogP contribution < -0.4 is 0 Å². The lowest BCUT2D eigenvalue weighted by molar-refractivity contribution is 0.516. The summed E-state index contributed by atoms with van der Waals surface area (Å²) in [5, 5.41) is -0.349. The normalized spacial score (nSPS) is 13.5. The Bertz CT molecular complexity index is 576. The maximum Gasteiger partial charge on any atom is 0.153 e. The van der Waals surface area contributed by atoms with E-state index in [1.165, 1.54) is 6.07 Å². The second-order valence-electron chi connectivity index (χ2n) is 4.85. The van der Waals surface area contributed by atoms with Gasteiger partial charge in [-0.1, -0.05) is 13.8 Å². The van der Waals surface area contributed by atoms with Crippen molar-refractivity contribution in [3.63, 3.8) is 0 Å². The number of imidazole rings is 1. The van der Waals surface area contributed by atoms with E-state index >= 15 is 0 Å². The monoisotopic (exact) mass is 272 g/mol. The summed E-state index contributed by atoms with van der Waals surface area (Å²) >= 11 is 6.06. The van der Waals surface area contributed by atoms with E-state index in [4.69, 9.17) is 11.6 Å². The van der Waals surface area contributed by atoms with Gasteiger partial charge in [0.2, 0.25) is 0 Å². The lowest BCUT2D eigenvalue weighted by Crippen LogP contribution is -2.09. The molecule has 0 saturated carbocycles. The van der Waals surface area contributed by atoms with Crippen molar-refractivity contribution in [2.75, 3.05) is 0 Å². The van der Waals surface area contributed by atoms with Crippen molar-refractivity contribution in [3.05, 3.63) is 29.6 Å². The summed E-state index contributed by atoms with van der Waals surface area (Å²) in [5.74, 6) is -0.336. The molecule has 2 rings (SSSR count). The maximum absolute atomic E-state index is 13.7. The topological polar surface area (TPSA) is 17.8 Å². The number of rotatable bonds is 3. The van der Waals surface area contributed by atoms with E-state index in [2.05, 4.69) is 4.98 Å². The zero-order chi connectivity index (χ0) is 13.4. The fraction of sp³-hybridized carbons (Fsp3) is 0.462. The van der Waals surface area contributed by atoms with Gasteiger partial charge >= 0.3 is 0 Å². The molecule has 98 valence electrons. The van der Waals surface area contributed by atoms with Crippen LogP contribution in [0.2, 0.25) is 0 Å². The van der Waals surface area contributed by atoms with Crippen LogP contribution in [0.3, 0.4) is 0 Å². The van der Waals surface area contributed by atoms with E-state index < -0.39 is 11.6 Å². The Hall–Kier alpha value is -1.16. The lowest BCUT2D eigenvalue weighted by atomic mass is 10.2. The molecule has 1 heterocycles. The van der Waals surface area contributed by atoms with Gasteiger partial charge in [0, 0.05) is 12.6 Å². The first-order valence-electron chi connectivity index (χ1n) is 5.89. The molecule has 0 bridgehead atoms. The SMILES string of the molecule is CC(C)Cn1c(C(C)Cl)nc2c(F)cc(F)cc21. The fourth-order valence-electron chi connectivity index (χ4n) is 2.03. The summed E-state index contributed by atoms with van der Waals surface area (Å²) in [5.41, 5.74) is 0.642. The average Bonchev–Trinajstić information content (AvgIpc) is 2.57. The Morgan fingerprint density at radius 2 is 1.94 bits per heavy atom. The number of alkyl halides is 1. The van der Waals surface area contributed by atoms with Crippen LogP contribution in [0, 0.1) is 17.6 Å². The van der Waals surface area contributed by atoms with Gasteiger partial charge in [-0.25, -0.2) is 13.8 Å². The van der Waals surface area contributed by atoms with Gasteiger partial charge < -0.3 is 4.57 Å². The van der Waals surface area contributed by atoms with Gasteiger partial charge in [0.1, 0.15) is 17.2 Å². The number of aromatic nitrogens is 2. The van der Waals surface area contributed by atoms with Crippen LogP contribution in [0.25, 0.3) is 11.0 Å². The smallest absolute Gasteiger partial charge is 0.153 e. The number of hydrogen-bond donors (Lipinski definition) is 0. The quantitative estimate of drug-likeness (QED) is 0.763. The molecular formula is C13H15ClF2N2. The van der Waals surface area contributed by atoms with E-state index in [1.54, 1.807) is 11.5 Å². The van der Waals surface area contributed by atoms with E-state index in [0.29, 0.717) is 23.8 Å². The van der Waals surface area contributed by atoms with Crippen molar-refractivity contribution in [2.45, 2.75) is 32.7 Å². The van der Waals surface area contributed by atoms with Gasteiger partial charge in [-0.3, -0.25) is 0 Å². The maximum atomic E-state index is 13.7. The summed E-state index contributed by atoms with van der Waals surface area (Å²) in [6.45, 7) is 6.47. The van der Waals surface area contributed by atoms with Crippen LogP contribution in [-0.2, 0) is 6.54 Å². The third-order valence-corrected chi connectivity index (χ3v) is 2.90. The van der Waals surface area contributed by atoms with Crippen molar-refractivity contribution < 1.29 is 8.78 Å².